The number of hydrogen-bond donors (Lipinski definition) is 0. The molecular formula is C37H26N2. The predicted octanol–water partition coefficient (Wildman–Crippen LogP) is 9.58. The van der Waals surface area contributed by atoms with E-state index in [1.54, 1.807) is 0 Å². The van der Waals surface area contributed by atoms with E-state index >= 15 is 0 Å². The Morgan fingerprint density at radius 2 is 1.31 bits per heavy atom. The number of benzene rings is 5. The van der Waals surface area contributed by atoms with Gasteiger partial charge in [0, 0.05) is 33.5 Å². The fourth-order valence-corrected chi connectivity index (χ4v) is 6.56. The Balaban J connectivity index is 1.41. The Labute approximate surface area is 227 Å². The quantitative estimate of drug-likeness (QED) is 0.222. The van der Waals surface area contributed by atoms with Gasteiger partial charge >= 0.3 is 0 Å². The molecule has 0 bridgehead atoms. The minimum absolute atomic E-state index is 0.166. The molecule has 5 aromatic carbocycles. The fourth-order valence-electron chi connectivity index (χ4n) is 6.56. The zero-order chi connectivity index (χ0) is 26.1. The molecular weight excluding hydrogens is 472 g/mol. The van der Waals surface area contributed by atoms with Crippen molar-refractivity contribution in [3.8, 4) is 33.5 Å². The lowest BCUT2D eigenvalue weighted by Crippen LogP contribution is -2.16. The summed E-state index contributed by atoms with van der Waals surface area (Å²) in [5, 5.41) is 4.87. The third-order valence-corrected chi connectivity index (χ3v) is 8.45. The monoisotopic (exact) mass is 498 g/mol. The minimum atomic E-state index is -0.166. The van der Waals surface area contributed by atoms with Crippen LogP contribution in [0.2, 0.25) is 0 Å². The van der Waals surface area contributed by atoms with Crippen molar-refractivity contribution in [2.45, 2.75) is 19.3 Å². The topological polar surface area (TPSA) is 25.8 Å². The molecule has 0 saturated carbocycles. The number of rotatable bonds is 2. The lowest BCUT2D eigenvalue weighted by molar-refractivity contribution is 0.662. The Kier molecular flexibility index (Phi) is 4.60. The molecule has 7 aromatic rings. The van der Waals surface area contributed by atoms with Crippen LogP contribution >= 0.6 is 0 Å². The zero-order valence-corrected chi connectivity index (χ0v) is 21.9. The zero-order valence-electron chi connectivity index (χ0n) is 21.9. The molecule has 184 valence electrons. The molecule has 0 N–H and O–H groups in total. The van der Waals surface area contributed by atoms with Gasteiger partial charge in [0.2, 0.25) is 0 Å². The van der Waals surface area contributed by atoms with E-state index in [4.69, 9.17) is 9.97 Å². The van der Waals surface area contributed by atoms with Crippen molar-refractivity contribution in [3.63, 3.8) is 0 Å². The molecule has 2 heteroatoms. The van der Waals surface area contributed by atoms with Gasteiger partial charge in [-0.2, -0.15) is 0 Å². The summed E-state index contributed by atoms with van der Waals surface area (Å²) in [5.41, 5.74) is 11.7. The van der Waals surface area contributed by atoms with Crippen LogP contribution < -0.4 is 0 Å². The predicted molar refractivity (Wildman–Crippen MR) is 163 cm³/mol. The van der Waals surface area contributed by atoms with Crippen LogP contribution in [0.15, 0.2) is 121 Å². The van der Waals surface area contributed by atoms with E-state index in [-0.39, 0.29) is 5.41 Å². The lowest BCUT2D eigenvalue weighted by Gasteiger charge is -2.25. The van der Waals surface area contributed by atoms with Gasteiger partial charge in [-0.25, -0.2) is 4.98 Å². The van der Waals surface area contributed by atoms with Gasteiger partial charge in [0.15, 0.2) is 0 Å². The Morgan fingerprint density at radius 3 is 2.18 bits per heavy atom. The smallest absolute Gasteiger partial charge is 0.0759 e. The van der Waals surface area contributed by atoms with Gasteiger partial charge in [-0.3, -0.25) is 4.98 Å². The molecule has 2 aromatic heterocycles. The summed E-state index contributed by atoms with van der Waals surface area (Å²) in [5.74, 6) is 0. The molecule has 0 unspecified atom stereocenters. The molecule has 0 amide bonds. The van der Waals surface area contributed by atoms with Crippen molar-refractivity contribution in [1.82, 2.24) is 9.97 Å². The summed E-state index contributed by atoms with van der Waals surface area (Å²) in [6, 6.07) is 41.4. The Hall–Kier alpha value is -4.82. The lowest BCUT2D eigenvalue weighted by atomic mass is 9.78. The molecule has 0 aliphatic heterocycles. The number of aromatic nitrogens is 2. The van der Waals surface area contributed by atoms with E-state index in [1.807, 2.05) is 12.3 Å². The first-order chi connectivity index (χ1) is 19.1. The summed E-state index contributed by atoms with van der Waals surface area (Å²) >= 11 is 0. The average molecular weight is 499 g/mol. The minimum Gasteiger partial charge on any atom is -0.256 e. The number of hydrogen-bond acceptors (Lipinski definition) is 2. The second-order valence-electron chi connectivity index (χ2n) is 11.1. The molecule has 2 nitrogen and oxygen atoms in total. The van der Waals surface area contributed by atoms with Crippen LogP contribution in [0.25, 0.3) is 66.1 Å². The first kappa shape index (κ1) is 22.2. The maximum Gasteiger partial charge on any atom is 0.0759 e. The van der Waals surface area contributed by atoms with Crippen LogP contribution in [0.4, 0.5) is 0 Å². The highest BCUT2D eigenvalue weighted by atomic mass is 14.7. The first-order valence-corrected chi connectivity index (χ1v) is 13.5. The molecule has 0 fully saturated rings. The number of nitrogens with zero attached hydrogens (tertiary/aromatic N) is 2. The van der Waals surface area contributed by atoms with Crippen molar-refractivity contribution in [2.75, 3.05) is 0 Å². The molecule has 0 saturated heterocycles. The van der Waals surface area contributed by atoms with Gasteiger partial charge in [-0.15, -0.1) is 0 Å². The molecule has 2 heterocycles. The van der Waals surface area contributed by atoms with Crippen LogP contribution in [0.1, 0.15) is 25.0 Å². The highest BCUT2D eigenvalue weighted by Gasteiger charge is 2.39. The summed E-state index contributed by atoms with van der Waals surface area (Å²) in [6.45, 7) is 4.68. The number of fused-ring (bicyclic) bond motifs is 7. The van der Waals surface area contributed by atoms with E-state index < -0.39 is 0 Å². The average Bonchev–Trinajstić information content (AvgIpc) is 3.22. The standard InChI is InChI=1S/C37H26N2/c1-37(2)30-13-7-6-12-29(30)36-35(37)33(34-28-11-5-3-9-24(28)19-20-32(34)39-36)25-17-15-23(16-18-25)27-21-26-10-4-8-14-31(26)38-22-27/h3-22H,1-2H3. The molecule has 0 radical (unpaired) electrons. The Morgan fingerprint density at radius 1 is 0.590 bits per heavy atom. The third kappa shape index (κ3) is 3.21. The van der Waals surface area contributed by atoms with Crippen LogP contribution in [0.5, 0.6) is 0 Å². The Bertz CT molecular complexity index is 2080. The van der Waals surface area contributed by atoms with E-state index in [1.165, 1.54) is 49.5 Å². The van der Waals surface area contributed by atoms with E-state index in [2.05, 4.69) is 123 Å². The van der Waals surface area contributed by atoms with E-state index in [9.17, 15) is 0 Å². The maximum atomic E-state index is 5.31. The molecule has 0 atom stereocenters. The van der Waals surface area contributed by atoms with Crippen molar-refractivity contribution in [1.29, 1.82) is 0 Å². The molecule has 1 aliphatic carbocycles. The van der Waals surface area contributed by atoms with Gasteiger partial charge in [-0.1, -0.05) is 111 Å². The number of pyridine rings is 2. The largest absolute Gasteiger partial charge is 0.256 e. The van der Waals surface area contributed by atoms with Gasteiger partial charge in [0.25, 0.3) is 0 Å². The van der Waals surface area contributed by atoms with Crippen molar-refractivity contribution >= 4 is 32.6 Å². The van der Waals surface area contributed by atoms with Crippen LogP contribution in [0, 0.1) is 0 Å². The highest BCUT2D eigenvalue weighted by molar-refractivity contribution is 6.15. The van der Waals surface area contributed by atoms with E-state index in [0.717, 1.165) is 27.7 Å². The molecule has 1 aliphatic rings. The van der Waals surface area contributed by atoms with Crippen molar-refractivity contribution in [2.24, 2.45) is 0 Å². The van der Waals surface area contributed by atoms with Gasteiger partial charge in [0.05, 0.1) is 16.7 Å². The van der Waals surface area contributed by atoms with Gasteiger partial charge in [-0.05, 0) is 56.8 Å². The fraction of sp³-hybridized carbons (Fsp3) is 0.0811. The second kappa shape index (κ2) is 8.09. The normalized spacial score (nSPS) is 13.6. The SMILES string of the molecule is CC1(C)c2ccccc2-c2nc3ccc4ccccc4c3c(-c3ccc(-c4cnc5ccccc5c4)cc3)c21. The van der Waals surface area contributed by atoms with Crippen molar-refractivity contribution < 1.29 is 0 Å². The second-order valence-corrected chi connectivity index (χ2v) is 11.1. The summed E-state index contributed by atoms with van der Waals surface area (Å²) in [7, 11) is 0. The van der Waals surface area contributed by atoms with Crippen LogP contribution in [0.3, 0.4) is 0 Å². The van der Waals surface area contributed by atoms with Crippen molar-refractivity contribution in [3.05, 3.63) is 133 Å². The van der Waals surface area contributed by atoms with Gasteiger partial charge in [0.1, 0.15) is 0 Å². The first-order valence-electron chi connectivity index (χ1n) is 13.5. The maximum absolute atomic E-state index is 5.31. The van der Waals surface area contributed by atoms with Crippen LogP contribution in [-0.4, -0.2) is 9.97 Å². The van der Waals surface area contributed by atoms with Gasteiger partial charge < -0.3 is 0 Å². The van der Waals surface area contributed by atoms with Crippen LogP contribution in [-0.2, 0) is 5.41 Å². The molecule has 8 rings (SSSR count). The third-order valence-electron chi connectivity index (χ3n) is 8.45. The summed E-state index contributed by atoms with van der Waals surface area (Å²) in [4.78, 5) is 10.0. The molecule has 0 spiro atoms. The number of para-hydroxylation sites is 1. The highest BCUT2D eigenvalue weighted by Crippen LogP contribution is 2.53. The summed E-state index contributed by atoms with van der Waals surface area (Å²) in [6.07, 6.45) is 1.98. The summed E-state index contributed by atoms with van der Waals surface area (Å²) < 4.78 is 0. The molecule has 39 heavy (non-hydrogen) atoms. The van der Waals surface area contributed by atoms with E-state index in [0.29, 0.717) is 0 Å².